The second kappa shape index (κ2) is 33.9. The number of para-hydroxylation sites is 2. The van der Waals surface area contributed by atoms with Crippen molar-refractivity contribution in [2.75, 3.05) is 0 Å². The normalized spacial score (nSPS) is 12.2. The lowest BCUT2D eigenvalue weighted by Crippen LogP contribution is -2.14. The zero-order valence-electron chi connectivity index (χ0n) is 33.3. The number of unbranched alkanes of at least 4 members (excludes halogenated alkanes) is 28. The van der Waals surface area contributed by atoms with Gasteiger partial charge < -0.3 is 0 Å². The molecule has 0 heterocycles. The van der Waals surface area contributed by atoms with Gasteiger partial charge >= 0.3 is 0 Å². The zero-order chi connectivity index (χ0) is 35.4. The van der Waals surface area contributed by atoms with Crippen molar-refractivity contribution in [3.8, 4) is 0 Å². The first-order chi connectivity index (χ1) is 24.8. The minimum atomic E-state index is 0.997. The second-order valence-corrected chi connectivity index (χ2v) is 15.2. The Bertz CT molecular complexity index is 1040. The summed E-state index contributed by atoms with van der Waals surface area (Å²) in [5, 5.41) is 0. The van der Waals surface area contributed by atoms with Crippen LogP contribution >= 0.6 is 0 Å². The summed E-state index contributed by atoms with van der Waals surface area (Å²) in [4.78, 5) is 10.2. The molecular weight excluding hydrogens is 605 g/mol. The van der Waals surface area contributed by atoms with Gasteiger partial charge in [0.05, 0.1) is 22.8 Å². The van der Waals surface area contributed by atoms with E-state index in [9.17, 15) is 0 Å². The highest BCUT2D eigenvalue weighted by atomic mass is 14.8. The molecule has 0 saturated heterocycles. The van der Waals surface area contributed by atoms with Crippen LogP contribution in [-0.4, -0.2) is 11.4 Å². The van der Waals surface area contributed by atoms with Gasteiger partial charge in [-0.05, 0) is 49.9 Å². The van der Waals surface area contributed by atoms with Crippen molar-refractivity contribution < 1.29 is 0 Å². The Labute approximate surface area is 311 Å². The molecule has 0 radical (unpaired) electrons. The molecule has 0 N–H and O–H groups in total. The van der Waals surface area contributed by atoms with Gasteiger partial charge in [-0.2, -0.15) is 0 Å². The van der Waals surface area contributed by atoms with Crippen LogP contribution in [0.4, 0.5) is 11.4 Å². The van der Waals surface area contributed by atoms with Gasteiger partial charge in [0, 0.05) is 0 Å². The highest BCUT2D eigenvalue weighted by molar-refractivity contribution is 6.43. The fourth-order valence-corrected chi connectivity index (χ4v) is 7.15. The van der Waals surface area contributed by atoms with E-state index in [1.54, 1.807) is 0 Å². The number of nitrogens with zero attached hydrogens (tertiary/aromatic N) is 2. The van der Waals surface area contributed by atoms with Crippen LogP contribution in [0.5, 0.6) is 0 Å². The molecule has 2 aromatic rings. The Morgan fingerprint density at radius 2 is 0.540 bits per heavy atom. The average Bonchev–Trinajstić information content (AvgIpc) is 3.15. The molecule has 0 bridgehead atoms. The van der Waals surface area contributed by atoms with Gasteiger partial charge in [0.2, 0.25) is 0 Å². The van der Waals surface area contributed by atoms with E-state index in [1.165, 1.54) is 198 Å². The molecule has 0 atom stereocenters. The van der Waals surface area contributed by atoms with Crippen molar-refractivity contribution in [3.05, 3.63) is 60.7 Å². The lowest BCUT2D eigenvalue weighted by atomic mass is 10.0. The quantitative estimate of drug-likeness (QED) is 0.0510. The SMILES string of the molecule is CCCCCCCCCCCCCCCCCCCCCCCCCCCCCCC(=Nc1ccccc1)C(CCCC)=Nc1ccccc1. The van der Waals surface area contributed by atoms with E-state index in [0.29, 0.717) is 0 Å². The number of rotatable bonds is 35. The molecule has 282 valence electrons. The van der Waals surface area contributed by atoms with E-state index in [0.717, 1.165) is 30.6 Å². The minimum Gasteiger partial charge on any atom is -0.252 e. The summed E-state index contributed by atoms with van der Waals surface area (Å²) in [6.07, 6.45) is 44.6. The molecule has 0 aliphatic heterocycles. The molecule has 0 aliphatic carbocycles. The van der Waals surface area contributed by atoms with Gasteiger partial charge in [-0.25, -0.2) is 0 Å². The number of aliphatic imine (C=N–C) groups is 2. The third kappa shape index (κ3) is 25.7. The van der Waals surface area contributed by atoms with Gasteiger partial charge in [0.15, 0.2) is 0 Å². The Kier molecular flexibility index (Phi) is 29.8. The van der Waals surface area contributed by atoms with E-state index in [4.69, 9.17) is 9.98 Å². The maximum atomic E-state index is 5.13. The van der Waals surface area contributed by atoms with Crippen LogP contribution in [0.1, 0.15) is 219 Å². The maximum absolute atomic E-state index is 5.13. The Hall–Kier alpha value is -2.22. The van der Waals surface area contributed by atoms with Crippen LogP contribution in [-0.2, 0) is 0 Å². The second-order valence-electron chi connectivity index (χ2n) is 15.2. The predicted octanol–water partition coefficient (Wildman–Crippen LogP) is 17.1. The molecule has 2 aromatic carbocycles. The molecule has 0 aromatic heterocycles. The van der Waals surface area contributed by atoms with Crippen molar-refractivity contribution in [3.63, 3.8) is 0 Å². The molecular formula is C48H80N2. The smallest absolute Gasteiger partial charge is 0.0633 e. The Morgan fingerprint density at radius 1 is 0.300 bits per heavy atom. The van der Waals surface area contributed by atoms with Crippen molar-refractivity contribution in [2.24, 2.45) is 9.98 Å². The number of hydrogen-bond acceptors (Lipinski definition) is 2. The molecule has 0 saturated carbocycles. The van der Waals surface area contributed by atoms with Crippen LogP contribution < -0.4 is 0 Å². The van der Waals surface area contributed by atoms with Crippen molar-refractivity contribution in [1.82, 2.24) is 0 Å². The standard InChI is InChI=1S/C48H80N2/c1-3-5-7-8-9-10-11-12-13-14-15-16-17-18-19-20-21-22-23-24-25-26-27-28-29-30-31-38-44-48(50-46-41-36-33-37-42-46)47(43-6-4-2)49-45-39-34-32-35-40-45/h32-37,39-42H,3-31,38,43-44H2,1-2H3. The van der Waals surface area contributed by atoms with E-state index < -0.39 is 0 Å². The molecule has 0 aliphatic rings. The van der Waals surface area contributed by atoms with E-state index >= 15 is 0 Å². The van der Waals surface area contributed by atoms with E-state index in [1.807, 2.05) is 0 Å². The number of benzene rings is 2. The molecule has 2 nitrogen and oxygen atoms in total. The van der Waals surface area contributed by atoms with Crippen molar-refractivity contribution in [1.29, 1.82) is 0 Å². The van der Waals surface area contributed by atoms with Gasteiger partial charge in [-0.1, -0.05) is 230 Å². The van der Waals surface area contributed by atoms with Crippen molar-refractivity contribution in [2.45, 2.75) is 219 Å². The fraction of sp³-hybridized carbons (Fsp3) is 0.708. The van der Waals surface area contributed by atoms with E-state index in [2.05, 4.69) is 74.5 Å². The molecule has 2 rings (SSSR count). The summed E-state index contributed by atoms with van der Waals surface area (Å²) in [5.74, 6) is 0. The topological polar surface area (TPSA) is 24.7 Å². The monoisotopic (exact) mass is 685 g/mol. The van der Waals surface area contributed by atoms with Crippen LogP contribution in [0.25, 0.3) is 0 Å². The van der Waals surface area contributed by atoms with E-state index in [-0.39, 0.29) is 0 Å². The summed E-state index contributed by atoms with van der Waals surface area (Å²) < 4.78 is 0. The van der Waals surface area contributed by atoms with Crippen LogP contribution in [0.3, 0.4) is 0 Å². The maximum Gasteiger partial charge on any atom is 0.0633 e. The lowest BCUT2D eigenvalue weighted by Gasteiger charge is -2.11. The molecule has 50 heavy (non-hydrogen) atoms. The van der Waals surface area contributed by atoms with Gasteiger partial charge in [0.25, 0.3) is 0 Å². The van der Waals surface area contributed by atoms with Gasteiger partial charge in [-0.15, -0.1) is 0 Å². The third-order valence-electron chi connectivity index (χ3n) is 10.4. The molecule has 0 amide bonds. The first-order valence-electron chi connectivity index (χ1n) is 22.1. The molecule has 2 heteroatoms. The first-order valence-corrected chi connectivity index (χ1v) is 22.1. The molecule has 0 spiro atoms. The Morgan fingerprint density at radius 3 is 0.820 bits per heavy atom. The largest absolute Gasteiger partial charge is 0.252 e. The zero-order valence-corrected chi connectivity index (χ0v) is 33.3. The van der Waals surface area contributed by atoms with Gasteiger partial charge in [-0.3, -0.25) is 9.98 Å². The third-order valence-corrected chi connectivity index (χ3v) is 10.4. The van der Waals surface area contributed by atoms with Crippen LogP contribution in [0.2, 0.25) is 0 Å². The van der Waals surface area contributed by atoms with Crippen LogP contribution in [0, 0.1) is 0 Å². The summed E-state index contributed by atoms with van der Waals surface area (Å²) in [6.45, 7) is 4.57. The summed E-state index contributed by atoms with van der Waals surface area (Å²) >= 11 is 0. The first kappa shape index (κ1) is 43.9. The molecule has 0 fully saturated rings. The average molecular weight is 685 g/mol. The summed E-state index contributed by atoms with van der Waals surface area (Å²) in [7, 11) is 0. The van der Waals surface area contributed by atoms with Gasteiger partial charge in [0.1, 0.15) is 0 Å². The minimum absolute atomic E-state index is 0.997. The van der Waals surface area contributed by atoms with Crippen LogP contribution in [0.15, 0.2) is 70.6 Å². The lowest BCUT2D eigenvalue weighted by molar-refractivity contribution is 0.514. The highest BCUT2D eigenvalue weighted by Crippen LogP contribution is 2.20. The Balaban J connectivity index is 1.42. The molecule has 0 unspecified atom stereocenters. The van der Waals surface area contributed by atoms with Crippen molar-refractivity contribution >= 4 is 22.8 Å². The summed E-state index contributed by atoms with van der Waals surface area (Å²) in [5.41, 5.74) is 4.44. The predicted molar refractivity (Wildman–Crippen MR) is 226 cm³/mol. The highest BCUT2D eigenvalue weighted by Gasteiger charge is 2.11. The number of hydrogen-bond donors (Lipinski definition) is 0. The fourth-order valence-electron chi connectivity index (χ4n) is 7.15. The summed E-state index contributed by atoms with van der Waals surface area (Å²) in [6, 6.07) is 20.9.